The van der Waals surface area contributed by atoms with Crippen molar-refractivity contribution in [2.24, 2.45) is 5.92 Å². The largest absolute Gasteiger partial charge is 0.493 e. The number of para-hydroxylation sites is 1. The molecular formula is C22H28N6O5. The first kappa shape index (κ1) is 22.6. The van der Waals surface area contributed by atoms with Gasteiger partial charge in [0.1, 0.15) is 12.3 Å². The summed E-state index contributed by atoms with van der Waals surface area (Å²) in [5.41, 5.74) is 0.917. The number of aromatic nitrogens is 3. The molecule has 2 aromatic rings. The smallest absolute Gasteiger partial charge is 0.257 e. The molecule has 1 N–H and O–H groups in total. The number of fused-ring (bicyclic) bond motifs is 5. The van der Waals surface area contributed by atoms with Gasteiger partial charge in [0.15, 0.2) is 11.5 Å². The first-order valence-electron chi connectivity index (χ1n) is 10.9. The lowest BCUT2D eigenvalue weighted by atomic mass is 9.99. The van der Waals surface area contributed by atoms with E-state index in [0.29, 0.717) is 48.9 Å². The van der Waals surface area contributed by atoms with Crippen molar-refractivity contribution in [2.45, 2.75) is 26.0 Å². The van der Waals surface area contributed by atoms with Crippen LogP contribution in [0.25, 0.3) is 0 Å². The summed E-state index contributed by atoms with van der Waals surface area (Å²) >= 11 is 0. The number of nitrogens with one attached hydrogen (secondary N) is 1. The van der Waals surface area contributed by atoms with E-state index in [2.05, 4.69) is 15.6 Å². The number of amides is 3. The number of carbonyl (C=O) groups is 3. The van der Waals surface area contributed by atoms with Crippen LogP contribution in [0, 0.1) is 5.92 Å². The van der Waals surface area contributed by atoms with Gasteiger partial charge in [-0.25, -0.2) is 4.68 Å². The average Bonchev–Trinajstić information content (AvgIpc) is 3.43. The zero-order valence-corrected chi connectivity index (χ0v) is 19.0. The lowest BCUT2D eigenvalue weighted by Crippen LogP contribution is -2.37. The summed E-state index contributed by atoms with van der Waals surface area (Å²) in [5.74, 6) is 0.239. The van der Waals surface area contributed by atoms with E-state index in [1.807, 2.05) is 0 Å². The van der Waals surface area contributed by atoms with Gasteiger partial charge < -0.3 is 24.6 Å². The Morgan fingerprint density at radius 2 is 2.09 bits per heavy atom. The summed E-state index contributed by atoms with van der Waals surface area (Å²) in [6, 6.07) is 4.96. The normalized spacial score (nSPS) is 21.7. The Balaban J connectivity index is 1.67. The monoisotopic (exact) mass is 456 g/mol. The molecule has 3 amide bonds. The molecule has 0 spiro atoms. The van der Waals surface area contributed by atoms with E-state index in [4.69, 9.17) is 9.47 Å². The summed E-state index contributed by atoms with van der Waals surface area (Å²) < 4.78 is 13.1. The summed E-state index contributed by atoms with van der Waals surface area (Å²) in [6.07, 6.45) is 2.01. The van der Waals surface area contributed by atoms with Gasteiger partial charge in [-0.2, -0.15) is 0 Å². The first-order valence-corrected chi connectivity index (χ1v) is 10.9. The zero-order chi connectivity index (χ0) is 23.5. The van der Waals surface area contributed by atoms with Gasteiger partial charge in [0.25, 0.3) is 5.91 Å². The highest BCUT2D eigenvalue weighted by molar-refractivity contribution is 5.97. The number of ether oxygens (including phenoxy) is 2. The van der Waals surface area contributed by atoms with Crippen molar-refractivity contribution < 1.29 is 23.9 Å². The highest BCUT2D eigenvalue weighted by Crippen LogP contribution is 2.33. The molecule has 11 nitrogen and oxygen atoms in total. The van der Waals surface area contributed by atoms with Crippen LogP contribution in [-0.4, -0.2) is 82.9 Å². The van der Waals surface area contributed by atoms with E-state index in [1.165, 1.54) is 18.9 Å². The quantitative estimate of drug-likeness (QED) is 0.663. The van der Waals surface area contributed by atoms with E-state index in [9.17, 15) is 14.4 Å². The second kappa shape index (κ2) is 9.47. The molecule has 2 aliphatic heterocycles. The second-order valence-corrected chi connectivity index (χ2v) is 8.35. The van der Waals surface area contributed by atoms with Gasteiger partial charge in [-0.3, -0.25) is 14.4 Å². The SMILES string of the molecule is COc1cccc2c1OCc1cn(nn1)[C@@H]1CN(C(C)=O)C[C@@H]1CC(=O)NCCN(C)C2=O. The van der Waals surface area contributed by atoms with E-state index in [0.717, 1.165) is 0 Å². The standard InChI is InChI=1S/C22H28N6O5/c1-14(29)27-10-15-9-20(30)23-7-8-26(2)22(31)17-5-4-6-19(32-3)21(17)33-13-16-11-28(25-24-16)18(15)12-27/h4-6,11,15,18H,7-10,12-13H2,1-3H3,(H,23,30)/t15-,18+/m0/s1. The Hall–Kier alpha value is -3.63. The van der Waals surface area contributed by atoms with Gasteiger partial charge in [-0.1, -0.05) is 11.3 Å². The highest BCUT2D eigenvalue weighted by atomic mass is 16.5. The molecule has 0 unspecified atom stereocenters. The number of nitrogens with zero attached hydrogens (tertiary/aromatic N) is 5. The van der Waals surface area contributed by atoms with Crippen LogP contribution >= 0.6 is 0 Å². The second-order valence-electron chi connectivity index (χ2n) is 8.35. The molecule has 4 rings (SSSR count). The van der Waals surface area contributed by atoms with Crippen molar-refractivity contribution >= 4 is 17.7 Å². The Morgan fingerprint density at radius 3 is 2.85 bits per heavy atom. The van der Waals surface area contributed by atoms with Gasteiger partial charge >= 0.3 is 0 Å². The first-order chi connectivity index (χ1) is 15.9. The average molecular weight is 457 g/mol. The molecule has 0 radical (unpaired) electrons. The van der Waals surface area contributed by atoms with Gasteiger partial charge in [0.2, 0.25) is 11.8 Å². The Bertz CT molecular complexity index is 1050. The molecule has 33 heavy (non-hydrogen) atoms. The van der Waals surface area contributed by atoms with E-state index in [-0.39, 0.29) is 42.7 Å². The fourth-order valence-electron chi connectivity index (χ4n) is 4.27. The number of carbonyl (C=O) groups excluding carboxylic acids is 3. The number of rotatable bonds is 1. The lowest BCUT2D eigenvalue weighted by Gasteiger charge is -2.21. The maximum atomic E-state index is 13.1. The van der Waals surface area contributed by atoms with Crippen LogP contribution in [0.15, 0.2) is 24.4 Å². The van der Waals surface area contributed by atoms with Crippen LogP contribution in [-0.2, 0) is 16.2 Å². The van der Waals surface area contributed by atoms with Crippen molar-refractivity contribution in [2.75, 3.05) is 40.3 Å². The minimum atomic E-state index is -0.248. The van der Waals surface area contributed by atoms with E-state index < -0.39 is 0 Å². The zero-order valence-electron chi connectivity index (χ0n) is 19.0. The molecule has 11 heteroatoms. The molecule has 176 valence electrons. The topological polar surface area (TPSA) is 119 Å². The number of likely N-dealkylation sites (tertiary alicyclic amines) is 1. The summed E-state index contributed by atoms with van der Waals surface area (Å²) in [4.78, 5) is 40.9. The Labute approximate surface area is 191 Å². The molecule has 1 fully saturated rings. The molecule has 1 saturated heterocycles. The van der Waals surface area contributed by atoms with E-state index in [1.54, 1.807) is 41.0 Å². The summed E-state index contributed by atoms with van der Waals surface area (Å²) in [7, 11) is 3.18. The van der Waals surface area contributed by atoms with Gasteiger partial charge in [-0.15, -0.1) is 5.10 Å². The van der Waals surface area contributed by atoms with Crippen LogP contribution < -0.4 is 14.8 Å². The van der Waals surface area contributed by atoms with Crippen LogP contribution in [0.3, 0.4) is 0 Å². The molecule has 3 heterocycles. The lowest BCUT2D eigenvalue weighted by molar-refractivity contribution is -0.128. The molecular weight excluding hydrogens is 428 g/mol. The number of hydrogen-bond donors (Lipinski definition) is 1. The summed E-state index contributed by atoms with van der Waals surface area (Å²) in [5, 5.41) is 11.3. The Morgan fingerprint density at radius 1 is 1.27 bits per heavy atom. The summed E-state index contributed by atoms with van der Waals surface area (Å²) in [6.45, 7) is 3.18. The molecule has 1 aromatic carbocycles. The maximum Gasteiger partial charge on any atom is 0.257 e. The van der Waals surface area contributed by atoms with Gasteiger partial charge in [-0.05, 0) is 12.1 Å². The molecule has 0 aliphatic carbocycles. The number of benzene rings is 1. The van der Waals surface area contributed by atoms with Crippen molar-refractivity contribution in [3.05, 3.63) is 35.7 Å². The van der Waals surface area contributed by atoms with Crippen LogP contribution in [0.4, 0.5) is 0 Å². The number of hydrogen-bond acceptors (Lipinski definition) is 7. The van der Waals surface area contributed by atoms with Gasteiger partial charge in [0, 0.05) is 52.5 Å². The van der Waals surface area contributed by atoms with Crippen molar-refractivity contribution in [1.29, 1.82) is 0 Å². The fourth-order valence-corrected chi connectivity index (χ4v) is 4.27. The number of likely N-dealkylation sites (N-methyl/N-ethyl adjacent to an activating group) is 1. The third kappa shape index (κ3) is 4.76. The predicted molar refractivity (Wildman–Crippen MR) is 117 cm³/mol. The molecule has 2 bridgehead atoms. The molecule has 2 atom stereocenters. The van der Waals surface area contributed by atoms with Crippen molar-refractivity contribution in [3.8, 4) is 11.5 Å². The van der Waals surface area contributed by atoms with Gasteiger partial charge in [0.05, 0.1) is 24.9 Å². The minimum Gasteiger partial charge on any atom is -0.493 e. The Kier molecular flexibility index (Phi) is 6.47. The third-order valence-electron chi connectivity index (χ3n) is 6.11. The van der Waals surface area contributed by atoms with Crippen LogP contribution in [0.2, 0.25) is 0 Å². The maximum absolute atomic E-state index is 13.1. The van der Waals surface area contributed by atoms with Crippen LogP contribution in [0.1, 0.15) is 35.4 Å². The molecule has 0 saturated carbocycles. The van der Waals surface area contributed by atoms with E-state index >= 15 is 0 Å². The van der Waals surface area contributed by atoms with Crippen molar-refractivity contribution in [3.63, 3.8) is 0 Å². The molecule has 1 aromatic heterocycles. The predicted octanol–water partition coefficient (Wildman–Crippen LogP) is 0.477. The fraction of sp³-hybridized carbons (Fsp3) is 0.500. The highest BCUT2D eigenvalue weighted by Gasteiger charge is 2.37. The number of methoxy groups -OCH3 is 1. The van der Waals surface area contributed by atoms with Crippen LogP contribution in [0.5, 0.6) is 11.5 Å². The third-order valence-corrected chi connectivity index (χ3v) is 6.11. The van der Waals surface area contributed by atoms with Crippen molar-refractivity contribution in [1.82, 2.24) is 30.1 Å². The minimum absolute atomic E-state index is 0.0405. The molecule has 2 aliphatic rings.